The van der Waals surface area contributed by atoms with Gasteiger partial charge in [0.25, 0.3) is 0 Å². The van der Waals surface area contributed by atoms with E-state index in [0.29, 0.717) is 17.0 Å². The van der Waals surface area contributed by atoms with E-state index in [4.69, 9.17) is 8.83 Å². The fourth-order valence-corrected chi connectivity index (χ4v) is 4.01. The third-order valence-electron chi connectivity index (χ3n) is 5.40. The Bertz CT molecular complexity index is 1610. The number of anilines is 1. The Morgan fingerprint density at radius 3 is 2.27 bits per heavy atom. The van der Waals surface area contributed by atoms with Gasteiger partial charge in [0.1, 0.15) is 22.8 Å². The molecule has 1 N–H and O–H groups in total. The molecule has 0 amide bonds. The Morgan fingerprint density at radius 2 is 1.50 bits per heavy atom. The molecule has 2 aromatic heterocycles. The largest absolute Gasteiger partial charge is 0.456 e. The van der Waals surface area contributed by atoms with Crippen molar-refractivity contribution in [1.29, 1.82) is 10.5 Å². The zero-order valence-corrected chi connectivity index (χ0v) is 15.5. The van der Waals surface area contributed by atoms with Gasteiger partial charge in [-0.2, -0.15) is 10.5 Å². The van der Waals surface area contributed by atoms with Gasteiger partial charge in [0.15, 0.2) is 11.8 Å². The minimum Gasteiger partial charge on any atom is -0.456 e. The van der Waals surface area contributed by atoms with Gasteiger partial charge in [0.05, 0.1) is 11.8 Å². The number of amidine groups is 1. The minimum atomic E-state index is -0.833. The van der Waals surface area contributed by atoms with Crippen molar-refractivity contribution in [2.75, 3.05) is 5.32 Å². The zero-order chi connectivity index (χ0) is 20.2. The fraction of sp³-hybridized carbons (Fsp3) is 0.0417. The van der Waals surface area contributed by atoms with Crippen LogP contribution in [0.4, 0.5) is 5.69 Å². The van der Waals surface area contributed by atoms with Crippen LogP contribution in [0.25, 0.3) is 44.0 Å². The van der Waals surface area contributed by atoms with Gasteiger partial charge in [-0.3, -0.25) is 0 Å². The van der Waals surface area contributed by atoms with Crippen molar-refractivity contribution >= 4 is 44.4 Å². The Labute approximate surface area is 170 Å². The summed E-state index contributed by atoms with van der Waals surface area (Å²) < 4.78 is 11.8. The highest BCUT2D eigenvalue weighted by molar-refractivity contribution is 6.13. The van der Waals surface area contributed by atoms with Crippen LogP contribution >= 0.6 is 0 Å². The molecule has 3 heterocycles. The lowest BCUT2D eigenvalue weighted by atomic mass is 10.0. The molecule has 0 bridgehead atoms. The second kappa shape index (κ2) is 5.97. The molecule has 1 atom stereocenters. The molecule has 1 aliphatic rings. The molecule has 1 aliphatic heterocycles. The Kier molecular flexibility index (Phi) is 3.27. The molecule has 1 unspecified atom stereocenters. The maximum atomic E-state index is 9.41. The predicted molar refractivity (Wildman–Crippen MR) is 114 cm³/mol. The number of para-hydroxylation sites is 1. The first kappa shape index (κ1) is 16.4. The summed E-state index contributed by atoms with van der Waals surface area (Å²) in [5.41, 5.74) is 5.00. The summed E-state index contributed by atoms with van der Waals surface area (Å²) >= 11 is 0. The van der Waals surface area contributed by atoms with Gasteiger partial charge in [-0.1, -0.05) is 30.3 Å². The lowest BCUT2D eigenvalue weighted by molar-refractivity contribution is 0.534. The van der Waals surface area contributed by atoms with Crippen LogP contribution in [0.2, 0.25) is 0 Å². The number of aliphatic imine (C=N–C) groups is 1. The van der Waals surface area contributed by atoms with Crippen LogP contribution < -0.4 is 5.32 Å². The van der Waals surface area contributed by atoms with Gasteiger partial charge in [-0.25, -0.2) is 4.99 Å². The van der Waals surface area contributed by atoms with E-state index >= 15 is 0 Å². The summed E-state index contributed by atoms with van der Waals surface area (Å²) in [4.78, 5) is 4.07. The number of benzene rings is 3. The first-order valence-electron chi connectivity index (χ1n) is 9.38. The van der Waals surface area contributed by atoms with Gasteiger partial charge < -0.3 is 14.2 Å². The summed E-state index contributed by atoms with van der Waals surface area (Å²) in [6, 6.07) is 23.2. The van der Waals surface area contributed by atoms with E-state index < -0.39 is 6.04 Å². The highest BCUT2D eigenvalue weighted by Crippen LogP contribution is 2.41. The smallest absolute Gasteiger partial charge is 0.207 e. The molecule has 0 aliphatic carbocycles. The number of hydrogen-bond donors (Lipinski definition) is 1. The van der Waals surface area contributed by atoms with Crippen LogP contribution in [-0.4, -0.2) is 5.84 Å². The van der Waals surface area contributed by atoms with E-state index in [1.54, 1.807) is 0 Å². The molecular formula is C24H12N4O2. The maximum Gasteiger partial charge on any atom is 0.207 e. The molecule has 30 heavy (non-hydrogen) atoms. The molecular weight excluding hydrogens is 376 g/mol. The van der Waals surface area contributed by atoms with Crippen LogP contribution in [-0.2, 0) is 0 Å². The SMILES string of the molecule is N#CC1=NC(C#N)c2oc3ccc(-c4ccc5oc6ccccc6c5c4)cc3c2N1. The van der Waals surface area contributed by atoms with Crippen LogP contribution in [0.3, 0.4) is 0 Å². The lowest BCUT2D eigenvalue weighted by Crippen LogP contribution is -2.17. The molecule has 0 saturated heterocycles. The number of hydrogen-bond acceptors (Lipinski definition) is 6. The third-order valence-corrected chi connectivity index (χ3v) is 5.40. The summed E-state index contributed by atoms with van der Waals surface area (Å²) in [7, 11) is 0. The van der Waals surface area contributed by atoms with Crippen LogP contribution in [0.5, 0.6) is 0 Å². The van der Waals surface area contributed by atoms with Crippen molar-refractivity contribution in [1.82, 2.24) is 0 Å². The second-order valence-corrected chi connectivity index (χ2v) is 7.11. The molecule has 6 heteroatoms. The van der Waals surface area contributed by atoms with E-state index in [1.165, 1.54) is 0 Å². The normalized spacial score (nSPS) is 15.4. The Morgan fingerprint density at radius 1 is 0.800 bits per heavy atom. The average Bonchev–Trinajstić information content (AvgIpc) is 3.35. The number of nitriles is 2. The summed E-state index contributed by atoms with van der Waals surface area (Å²) in [6.45, 7) is 0. The standard InChI is InChI=1S/C24H12N4O2/c25-11-18-24-23(28-22(12-26)27-18)17-10-14(6-8-21(17)30-24)13-5-7-20-16(9-13)15-3-1-2-4-19(15)29-20/h1-10,18H,(H,27,28). The molecule has 0 spiro atoms. The van der Waals surface area contributed by atoms with Gasteiger partial charge in [-0.05, 0) is 41.5 Å². The number of nitrogens with zero attached hydrogens (tertiary/aromatic N) is 3. The number of rotatable bonds is 1. The average molecular weight is 388 g/mol. The van der Waals surface area contributed by atoms with Gasteiger partial charge in [0.2, 0.25) is 5.84 Å². The van der Waals surface area contributed by atoms with E-state index in [9.17, 15) is 10.5 Å². The van der Waals surface area contributed by atoms with Crippen LogP contribution in [0, 0.1) is 22.7 Å². The topological polar surface area (TPSA) is 98.2 Å². The predicted octanol–water partition coefficient (Wildman–Crippen LogP) is 5.91. The quantitative estimate of drug-likeness (QED) is 0.385. The molecule has 6 rings (SSSR count). The minimum absolute atomic E-state index is 0.105. The third kappa shape index (κ3) is 2.25. The van der Waals surface area contributed by atoms with Crippen molar-refractivity contribution in [2.45, 2.75) is 6.04 Å². The Hall–Kier alpha value is -4.55. The monoisotopic (exact) mass is 388 g/mol. The molecule has 140 valence electrons. The summed E-state index contributed by atoms with van der Waals surface area (Å²) in [5.74, 6) is 0.536. The van der Waals surface area contributed by atoms with E-state index in [0.717, 1.165) is 38.5 Å². The van der Waals surface area contributed by atoms with Crippen molar-refractivity contribution < 1.29 is 8.83 Å². The van der Waals surface area contributed by atoms with Crippen molar-refractivity contribution in [3.05, 3.63) is 66.4 Å². The van der Waals surface area contributed by atoms with Gasteiger partial charge in [0, 0.05) is 16.2 Å². The summed E-state index contributed by atoms with van der Waals surface area (Å²) in [5, 5.41) is 24.6. The fourth-order valence-electron chi connectivity index (χ4n) is 4.01. The molecule has 5 aromatic rings. The molecule has 0 saturated carbocycles. The maximum absolute atomic E-state index is 9.41. The number of fused-ring (bicyclic) bond motifs is 6. The van der Waals surface area contributed by atoms with Crippen molar-refractivity contribution in [3.63, 3.8) is 0 Å². The Balaban J connectivity index is 1.54. The van der Waals surface area contributed by atoms with Crippen LogP contribution in [0.1, 0.15) is 11.8 Å². The number of nitrogens with one attached hydrogen (secondary N) is 1. The van der Waals surface area contributed by atoms with Gasteiger partial charge >= 0.3 is 0 Å². The zero-order valence-electron chi connectivity index (χ0n) is 15.5. The molecule has 0 fully saturated rings. The van der Waals surface area contributed by atoms with E-state index in [1.807, 2.05) is 54.6 Å². The lowest BCUT2D eigenvalue weighted by Gasteiger charge is -2.13. The second-order valence-electron chi connectivity index (χ2n) is 7.11. The van der Waals surface area contributed by atoms with Crippen molar-refractivity contribution in [2.24, 2.45) is 4.99 Å². The summed E-state index contributed by atoms with van der Waals surface area (Å²) in [6.07, 6.45) is 0. The first-order chi connectivity index (χ1) is 14.7. The highest BCUT2D eigenvalue weighted by Gasteiger charge is 2.28. The van der Waals surface area contributed by atoms with E-state index in [2.05, 4.69) is 28.5 Å². The highest BCUT2D eigenvalue weighted by atomic mass is 16.3. The number of furan rings is 2. The molecule has 3 aromatic carbocycles. The molecule has 0 radical (unpaired) electrons. The first-order valence-corrected chi connectivity index (χ1v) is 9.38. The van der Waals surface area contributed by atoms with E-state index in [-0.39, 0.29) is 5.84 Å². The van der Waals surface area contributed by atoms with Crippen LogP contribution in [0.15, 0.2) is 74.5 Å². The van der Waals surface area contributed by atoms with Crippen molar-refractivity contribution in [3.8, 4) is 23.3 Å². The van der Waals surface area contributed by atoms with Gasteiger partial charge in [-0.15, -0.1) is 0 Å². The molecule has 6 nitrogen and oxygen atoms in total.